The molecule has 1 aliphatic heterocycles. The number of aliphatic hydroxyl groups is 1. The highest BCUT2D eigenvalue weighted by molar-refractivity contribution is 5.32. The van der Waals surface area contributed by atoms with E-state index in [2.05, 4.69) is 29.0 Å². The fraction of sp³-hybridized carbons (Fsp3) is 0.750. The van der Waals surface area contributed by atoms with Gasteiger partial charge in [-0.25, -0.2) is 9.97 Å². The van der Waals surface area contributed by atoms with Gasteiger partial charge >= 0.3 is 0 Å². The predicted molar refractivity (Wildman–Crippen MR) is 85.5 cm³/mol. The van der Waals surface area contributed by atoms with Gasteiger partial charge < -0.3 is 15.3 Å². The van der Waals surface area contributed by atoms with E-state index in [1.807, 2.05) is 13.0 Å². The highest BCUT2D eigenvalue weighted by Gasteiger charge is 2.18. The SMILES string of the molecule is Cc1cc(CNC(C)(C)CCO)nc(N2CCCCC2)n1. The van der Waals surface area contributed by atoms with E-state index in [-0.39, 0.29) is 12.1 Å². The van der Waals surface area contributed by atoms with Crippen molar-refractivity contribution < 1.29 is 5.11 Å². The van der Waals surface area contributed by atoms with E-state index in [0.717, 1.165) is 36.8 Å². The van der Waals surface area contributed by atoms with E-state index < -0.39 is 0 Å². The number of piperidine rings is 1. The number of rotatable bonds is 6. The lowest BCUT2D eigenvalue weighted by Crippen LogP contribution is -2.40. The molecule has 1 fully saturated rings. The summed E-state index contributed by atoms with van der Waals surface area (Å²) in [5.41, 5.74) is 1.95. The maximum atomic E-state index is 9.09. The molecule has 0 unspecified atom stereocenters. The number of nitrogens with zero attached hydrogens (tertiary/aromatic N) is 3. The summed E-state index contributed by atoms with van der Waals surface area (Å²) >= 11 is 0. The van der Waals surface area contributed by atoms with Crippen molar-refractivity contribution in [1.82, 2.24) is 15.3 Å². The molecule has 1 aromatic rings. The van der Waals surface area contributed by atoms with Crippen LogP contribution in [0.4, 0.5) is 5.95 Å². The van der Waals surface area contributed by atoms with Crippen LogP contribution in [0.3, 0.4) is 0 Å². The van der Waals surface area contributed by atoms with Crippen LogP contribution >= 0.6 is 0 Å². The topological polar surface area (TPSA) is 61.3 Å². The number of hydrogen-bond acceptors (Lipinski definition) is 5. The molecule has 0 aliphatic carbocycles. The van der Waals surface area contributed by atoms with Crippen LogP contribution in [0, 0.1) is 6.92 Å². The second kappa shape index (κ2) is 7.18. The highest BCUT2D eigenvalue weighted by atomic mass is 16.3. The summed E-state index contributed by atoms with van der Waals surface area (Å²) in [5, 5.41) is 12.5. The highest BCUT2D eigenvalue weighted by Crippen LogP contribution is 2.17. The van der Waals surface area contributed by atoms with Gasteiger partial charge in [0.15, 0.2) is 0 Å². The first-order valence-corrected chi connectivity index (χ1v) is 7.95. The fourth-order valence-corrected chi connectivity index (χ4v) is 2.64. The fourth-order valence-electron chi connectivity index (χ4n) is 2.64. The third kappa shape index (κ3) is 4.93. The molecule has 5 nitrogen and oxygen atoms in total. The average Bonchev–Trinajstić information content (AvgIpc) is 2.46. The maximum absolute atomic E-state index is 9.09. The van der Waals surface area contributed by atoms with Gasteiger partial charge in [0.05, 0.1) is 5.69 Å². The smallest absolute Gasteiger partial charge is 0.225 e. The van der Waals surface area contributed by atoms with Crippen LogP contribution in [-0.2, 0) is 6.54 Å². The van der Waals surface area contributed by atoms with Gasteiger partial charge in [0.1, 0.15) is 0 Å². The molecule has 0 amide bonds. The molecule has 2 rings (SSSR count). The first-order chi connectivity index (χ1) is 10.00. The first-order valence-electron chi connectivity index (χ1n) is 7.95. The predicted octanol–water partition coefficient (Wildman–Crippen LogP) is 2.03. The molecule has 2 heterocycles. The van der Waals surface area contributed by atoms with E-state index >= 15 is 0 Å². The molecule has 0 spiro atoms. The van der Waals surface area contributed by atoms with E-state index in [1.165, 1.54) is 19.3 Å². The van der Waals surface area contributed by atoms with Gasteiger partial charge in [-0.05, 0) is 52.5 Å². The number of aliphatic hydroxyl groups excluding tert-OH is 1. The molecular weight excluding hydrogens is 264 g/mol. The molecular formula is C16H28N4O. The second-order valence-corrected chi connectivity index (χ2v) is 6.56. The zero-order chi connectivity index (χ0) is 15.3. The molecule has 1 aromatic heterocycles. The van der Waals surface area contributed by atoms with Crippen LogP contribution in [0.25, 0.3) is 0 Å². The van der Waals surface area contributed by atoms with Crippen LogP contribution in [0.2, 0.25) is 0 Å². The summed E-state index contributed by atoms with van der Waals surface area (Å²) in [6, 6.07) is 2.04. The lowest BCUT2D eigenvalue weighted by molar-refractivity contribution is 0.229. The number of hydrogen-bond donors (Lipinski definition) is 2. The van der Waals surface area contributed by atoms with Crippen LogP contribution in [0.15, 0.2) is 6.07 Å². The molecule has 0 saturated carbocycles. The molecule has 21 heavy (non-hydrogen) atoms. The normalized spacial score (nSPS) is 16.3. The van der Waals surface area contributed by atoms with E-state index in [9.17, 15) is 0 Å². The largest absolute Gasteiger partial charge is 0.396 e. The van der Waals surface area contributed by atoms with Gasteiger partial charge in [0.25, 0.3) is 0 Å². The summed E-state index contributed by atoms with van der Waals surface area (Å²) in [7, 11) is 0. The number of anilines is 1. The maximum Gasteiger partial charge on any atom is 0.225 e. The van der Waals surface area contributed by atoms with Crippen LogP contribution < -0.4 is 10.2 Å². The Bertz CT molecular complexity index is 456. The molecule has 118 valence electrons. The monoisotopic (exact) mass is 292 g/mol. The van der Waals surface area contributed by atoms with E-state index in [0.29, 0.717) is 6.54 Å². The van der Waals surface area contributed by atoms with Crippen molar-refractivity contribution >= 4 is 5.95 Å². The van der Waals surface area contributed by atoms with Crippen LogP contribution in [0.5, 0.6) is 0 Å². The standard InChI is InChI=1S/C16H28N4O/c1-13-11-14(12-17-16(2,3)7-10-21)19-15(18-13)20-8-5-4-6-9-20/h11,17,21H,4-10,12H2,1-3H3. The Hall–Kier alpha value is -1.20. The van der Waals surface area contributed by atoms with E-state index in [1.54, 1.807) is 0 Å². The van der Waals surface area contributed by atoms with Gasteiger partial charge in [-0.2, -0.15) is 0 Å². The van der Waals surface area contributed by atoms with E-state index in [4.69, 9.17) is 10.1 Å². The molecule has 0 aromatic carbocycles. The quantitative estimate of drug-likeness (QED) is 0.840. The number of aromatic nitrogens is 2. The first kappa shape index (κ1) is 16.2. The average molecular weight is 292 g/mol. The van der Waals surface area contributed by atoms with Crippen molar-refractivity contribution in [2.45, 2.75) is 58.5 Å². The van der Waals surface area contributed by atoms with Gasteiger partial charge in [-0.1, -0.05) is 0 Å². The molecule has 1 aliphatic rings. The number of aryl methyl sites for hydroxylation is 1. The van der Waals surface area contributed by atoms with Gasteiger partial charge in [0.2, 0.25) is 5.95 Å². The third-order valence-electron chi connectivity index (χ3n) is 4.02. The van der Waals surface area contributed by atoms with Crippen molar-refractivity contribution in [2.24, 2.45) is 0 Å². The Morgan fingerprint density at radius 3 is 2.62 bits per heavy atom. The van der Waals surface area contributed by atoms with Crippen molar-refractivity contribution in [3.63, 3.8) is 0 Å². The van der Waals surface area contributed by atoms with Crippen molar-refractivity contribution in [3.8, 4) is 0 Å². The summed E-state index contributed by atoms with van der Waals surface area (Å²) in [5.74, 6) is 0.867. The Morgan fingerprint density at radius 1 is 1.24 bits per heavy atom. The van der Waals surface area contributed by atoms with Crippen molar-refractivity contribution in [1.29, 1.82) is 0 Å². The molecule has 1 saturated heterocycles. The van der Waals surface area contributed by atoms with Gasteiger partial charge in [-0.3, -0.25) is 0 Å². The van der Waals surface area contributed by atoms with Crippen molar-refractivity contribution in [3.05, 3.63) is 17.5 Å². The minimum atomic E-state index is -0.0844. The minimum absolute atomic E-state index is 0.0844. The summed E-state index contributed by atoms with van der Waals surface area (Å²) in [6.07, 6.45) is 4.50. The van der Waals surface area contributed by atoms with Crippen LogP contribution in [0.1, 0.15) is 50.9 Å². The lowest BCUT2D eigenvalue weighted by atomic mass is 10.0. The zero-order valence-corrected chi connectivity index (χ0v) is 13.5. The Balaban J connectivity index is 2.04. The Kier molecular flexibility index (Phi) is 5.53. The molecule has 0 bridgehead atoms. The Morgan fingerprint density at radius 2 is 1.95 bits per heavy atom. The lowest BCUT2D eigenvalue weighted by Gasteiger charge is -2.28. The van der Waals surface area contributed by atoms with Gasteiger partial charge in [0, 0.05) is 37.5 Å². The van der Waals surface area contributed by atoms with Gasteiger partial charge in [-0.15, -0.1) is 0 Å². The van der Waals surface area contributed by atoms with Crippen molar-refractivity contribution in [2.75, 3.05) is 24.6 Å². The zero-order valence-electron chi connectivity index (χ0n) is 13.5. The summed E-state index contributed by atoms with van der Waals surface area (Å²) in [4.78, 5) is 11.6. The van der Waals surface area contributed by atoms with Crippen LogP contribution in [-0.4, -0.2) is 40.3 Å². The summed E-state index contributed by atoms with van der Waals surface area (Å²) < 4.78 is 0. The number of nitrogens with one attached hydrogen (secondary N) is 1. The molecule has 2 N–H and O–H groups in total. The minimum Gasteiger partial charge on any atom is -0.396 e. The molecule has 0 radical (unpaired) electrons. The third-order valence-corrected chi connectivity index (χ3v) is 4.02. The molecule has 0 atom stereocenters. The molecule has 5 heteroatoms. The summed E-state index contributed by atoms with van der Waals surface area (Å²) in [6.45, 7) is 9.25. The Labute approximate surface area is 127 Å². The second-order valence-electron chi connectivity index (χ2n) is 6.56.